The van der Waals surface area contributed by atoms with E-state index in [4.69, 9.17) is 0 Å². The quantitative estimate of drug-likeness (QED) is 0.386. The van der Waals surface area contributed by atoms with Crippen molar-refractivity contribution >= 4 is 18.1 Å². The average Bonchev–Trinajstić information content (AvgIpc) is 2.38. The van der Waals surface area contributed by atoms with Crippen LogP contribution >= 0.6 is 0 Å². The number of hydroxylamine groups is 2. The van der Waals surface area contributed by atoms with Gasteiger partial charge in [0.25, 0.3) is 0 Å². The summed E-state index contributed by atoms with van der Waals surface area (Å²) in [7, 11) is 0. The number of rotatable bonds is 9. The van der Waals surface area contributed by atoms with Crippen molar-refractivity contribution in [2.75, 3.05) is 6.54 Å². The lowest BCUT2D eigenvalue weighted by atomic mass is 9.84. The summed E-state index contributed by atoms with van der Waals surface area (Å²) >= 11 is 0. The zero-order chi connectivity index (χ0) is 16.6. The lowest BCUT2D eigenvalue weighted by Crippen LogP contribution is -2.51. The third-order valence-electron chi connectivity index (χ3n) is 3.37. The number of ketones is 1. The highest BCUT2D eigenvalue weighted by atomic mass is 16.5. The summed E-state index contributed by atoms with van der Waals surface area (Å²) in [5.74, 6) is -0.940. The maximum atomic E-state index is 12.3. The Morgan fingerprint density at radius 3 is 2.29 bits per heavy atom. The molecule has 21 heavy (non-hydrogen) atoms. The largest absolute Gasteiger partial charge is 0.345 e. The van der Waals surface area contributed by atoms with Gasteiger partial charge >= 0.3 is 0 Å². The topological polar surface area (TPSA) is 86.7 Å². The minimum atomic E-state index is -0.586. The molecule has 6 heteroatoms. The van der Waals surface area contributed by atoms with Crippen LogP contribution in [0.5, 0.6) is 0 Å². The van der Waals surface area contributed by atoms with Crippen molar-refractivity contribution in [2.45, 2.75) is 59.9 Å². The second kappa shape index (κ2) is 8.77. The first-order chi connectivity index (χ1) is 9.63. The van der Waals surface area contributed by atoms with Crippen LogP contribution in [0.1, 0.15) is 53.9 Å². The molecule has 0 bridgehead atoms. The van der Waals surface area contributed by atoms with E-state index in [2.05, 4.69) is 5.32 Å². The number of Topliss-reactive ketones (excluding diaryl/α,β-unsaturated/α-hetero) is 1. The summed E-state index contributed by atoms with van der Waals surface area (Å²) < 4.78 is 0. The molecule has 0 spiro atoms. The molecule has 0 aliphatic heterocycles. The van der Waals surface area contributed by atoms with Crippen LogP contribution in [0.15, 0.2) is 0 Å². The van der Waals surface area contributed by atoms with Gasteiger partial charge in [-0.1, -0.05) is 40.5 Å². The molecular formula is C15H28N2O4. The zero-order valence-electron chi connectivity index (χ0n) is 13.7. The third-order valence-corrected chi connectivity index (χ3v) is 3.37. The standard InChI is InChI=1S/C15H28N2O4/c1-6-7-8-12(9-17(21)10-18)14(20)16-13(11(2)19)15(3,4)5/h10,12-13,21H,6-9H2,1-5H3,(H,16,20)/t12-,13+/m0/s1. The van der Waals surface area contributed by atoms with Crippen LogP contribution in [-0.4, -0.2) is 41.0 Å². The molecule has 2 N–H and O–H groups in total. The van der Waals surface area contributed by atoms with Gasteiger partial charge < -0.3 is 5.32 Å². The molecule has 0 aromatic rings. The molecule has 0 unspecified atom stereocenters. The van der Waals surface area contributed by atoms with Crippen LogP contribution in [0.4, 0.5) is 0 Å². The Hall–Kier alpha value is -1.43. The lowest BCUT2D eigenvalue weighted by Gasteiger charge is -2.31. The fourth-order valence-electron chi connectivity index (χ4n) is 2.21. The number of hydrogen-bond donors (Lipinski definition) is 2. The fraction of sp³-hybridized carbons (Fsp3) is 0.800. The molecule has 0 aliphatic carbocycles. The van der Waals surface area contributed by atoms with Gasteiger partial charge in [-0.2, -0.15) is 0 Å². The summed E-state index contributed by atoms with van der Waals surface area (Å²) in [5, 5.41) is 12.5. The molecule has 0 heterocycles. The van der Waals surface area contributed by atoms with Gasteiger partial charge in [-0.25, -0.2) is 5.06 Å². The first-order valence-corrected chi connectivity index (χ1v) is 7.35. The highest BCUT2D eigenvalue weighted by molar-refractivity contribution is 5.89. The zero-order valence-corrected chi connectivity index (χ0v) is 13.7. The Morgan fingerprint density at radius 2 is 1.90 bits per heavy atom. The number of carbonyl (C=O) groups excluding carboxylic acids is 3. The maximum Gasteiger partial charge on any atom is 0.233 e. The Morgan fingerprint density at radius 1 is 1.33 bits per heavy atom. The van der Waals surface area contributed by atoms with Gasteiger partial charge in [-0.05, 0) is 18.8 Å². The molecule has 2 amide bonds. The predicted octanol–water partition coefficient (Wildman–Crippen LogP) is 1.76. The van der Waals surface area contributed by atoms with E-state index in [0.717, 1.165) is 12.8 Å². The molecular weight excluding hydrogens is 272 g/mol. The van der Waals surface area contributed by atoms with Crippen LogP contribution in [0, 0.1) is 11.3 Å². The van der Waals surface area contributed by atoms with E-state index in [0.29, 0.717) is 11.5 Å². The van der Waals surface area contributed by atoms with E-state index < -0.39 is 12.0 Å². The number of unbranched alkanes of at least 4 members (excludes halogenated alkanes) is 1. The van der Waals surface area contributed by atoms with Gasteiger partial charge in [-0.15, -0.1) is 0 Å². The highest BCUT2D eigenvalue weighted by Crippen LogP contribution is 2.21. The van der Waals surface area contributed by atoms with Crippen molar-refractivity contribution in [1.82, 2.24) is 10.4 Å². The Kier molecular flexibility index (Phi) is 8.17. The number of amides is 2. The summed E-state index contributed by atoms with van der Waals surface area (Å²) in [4.78, 5) is 34.6. The maximum absolute atomic E-state index is 12.3. The van der Waals surface area contributed by atoms with Crippen molar-refractivity contribution in [1.29, 1.82) is 0 Å². The van der Waals surface area contributed by atoms with E-state index in [-0.39, 0.29) is 30.1 Å². The molecule has 0 aromatic carbocycles. The second-order valence-corrected chi connectivity index (χ2v) is 6.48. The summed E-state index contributed by atoms with van der Waals surface area (Å²) in [6.45, 7) is 9.02. The Bertz CT molecular complexity index is 363. The van der Waals surface area contributed by atoms with Crippen molar-refractivity contribution in [3.05, 3.63) is 0 Å². The van der Waals surface area contributed by atoms with Crippen LogP contribution in [0.3, 0.4) is 0 Å². The number of nitrogens with one attached hydrogen (secondary N) is 1. The number of hydrogen-bond acceptors (Lipinski definition) is 4. The van der Waals surface area contributed by atoms with Crippen LogP contribution in [-0.2, 0) is 14.4 Å². The molecule has 0 aliphatic rings. The van der Waals surface area contributed by atoms with Gasteiger partial charge in [0.1, 0.15) is 0 Å². The van der Waals surface area contributed by atoms with E-state index in [9.17, 15) is 19.6 Å². The van der Waals surface area contributed by atoms with Crippen molar-refractivity contribution in [2.24, 2.45) is 11.3 Å². The molecule has 0 radical (unpaired) electrons. The molecule has 0 fully saturated rings. The van der Waals surface area contributed by atoms with Gasteiger partial charge in [0.15, 0.2) is 5.78 Å². The van der Waals surface area contributed by atoms with E-state index in [1.165, 1.54) is 6.92 Å². The highest BCUT2D eigenvalue weighted by Gasteiger charge is 2.32. The minimum Gasteiger partial charge on any atom is -0.345 e. The van der Waals surface area contributed by atoms with Crippen LogP contribution < -0.4 is 5.32 Å². The number of carbonyl (C=O) groups is 3. The van der Waals surface area contributed by atoms with Crippen molar-refractivity contribution < 1.29 is 19.6 Å². The summed E-state index contributed by atoms with van der Waals surface area (Å²) in [6.07, 6.45) is 2.55. The monoisotopic (exact) mass is 300 g/mol. The lowest BCUT2D eigenvalue weighted by molar-refractivity contribution is -0.155. The first kappa shape index (κ1) is 19.6. The molecule has 6 nitrogen and oxygen atoms in total. The molecule has 0 saturated carbocycles. The average molecular weight is 300 g/mol. The fourth-order valence-corrected chi connectivity index (χ4v) is 2.21. The Balaban J connectivity index is 4.92. The summed E-state index contributed by atoms with van der Waals surface area (Å²) in [5.41, 5.74) is -0.389. The SMILES string of the molecule is CCCC[C@@H](CN(O)C=O)C(=O)N[C@H](C(C)=O)C(C)(C)C. The first-order valence-electron chi connectivity index (χ1n) is 7.35. The molecule has 0 rings (SSSR count). The van der Waals surface area contributed by atoms with E-state index in [1.54, 1.807) is 0 Å². The number of nitrogens with zero attached hydrogens (tertiary/aromatic N) is 1. The Labute approximate surface area is 126 Å². The molecule has 0 saturated heterocycles. The third kappa shape index (κ3) is 7.22. The van der Waals surface area contributed by atoms with Gasteiger partial charge in [0.05, 0.1) is 18.5 Å². The van der Waals surface area contributed by atoms with E-state index >= 15 is 0 Å². The van der Waals surface area contributed by atoms with Gasteiger partial charge in [0, 0.05) is 0 Å². The minimum absolute atomic E-state index is 0.0654. The molecule has 0 aromatic heterocycles. The molecule has 2 atom stereocenters. The van der Waals surface area contributed by atoms with E-state index in [1.807, 2.05) is 27.7 Å². The second-order valence-electron chi connectivity index (χ2n) is 6.48. The normalized spacial score (nSPS) is 14.2. The van der Waals surface area contributed by atoms with Crippen LogP contribution in [0.2, 0.25) is 0 Å². The predicted molar refractivity (Wildman–Crippen MR) is 79.6 cm³/mol. The van der Waals surface area contributed by atoms with Gasteiger partial charge in [0.2, 0.25) is 12.3 Å². The van der Waals surface area contributed by atoms with Gasteiger partial charge in [-0.3, -0.25) is 19.6 Å². The van der Waals surface area contributed by atoms with Crippen molar-refractivity contribution in [3.63, 3.8) is 0 Å². The van der Waals surface area contributed by atoms with Crippen LogP contribution in [0.25, 0.3) is 0 Å². The molecule has 122 valence electrons. The summed E-state index contributed by atoms with van der Waals surface area (Å²) in [6, 6.07) is -0.586. The smallest absolute Gasteiger partial charge is 0.233 e. The van der Waals surface area contributed by atoms with Crippen molar-refractivity contribution in [3.8, 4) is 0 Å².